The molecule has 1 saturated heterocycles. The number of nitrogens with one attached hydrogen (secondary N) is 2. The zero-order valence-corrected chi connectivity index (χ0v) is 13.9. The van der Waals surface area contributed by atoms with Gasteiger partial charge in [-0.25, -0.2) is 0 Å². The molecule has 3 atom stereocenters. The monoisotopic (exact) mass is 268 g/mol. The second kappa shape index (κ2) is 8.26. The summed E-state index contributed by atoms with van der Waals surface area (Å²) in [6.45, 7) is 14.2. The van der Waals surface area contributed by atoms with Gasteiger partial charge in [-0.3, -0.25) is 0 Å². The molecule has 2 nitrogen and oxygen atoms in total. The fourth-order valence-electron chi connectivity index (χ4n) is 3.49. The first-order valence-corrected chi connectivity index (χ1v) is 8.45. The van der Waals surface area contributed by atoms with Gasteiger partial charge in [0, 0.05) is 0 Å². The molecule has 1 rings (SSSR count). The maximum atomic E-state index is 3.80. The zero-order chi connectivity index (χ0) is 14.3. The molecule has 0 aromatic heterocycles. The number of rotatable bonds is 5. The van der Waals surface area contributed by atoms with Crippen molar-refractivity contribution in [2.75, 3.05) is 13.1 Å². The van der Waals surface area contributed by atoms with Crippen molar-refractivity contribution in [3.8, 4) is 0 Å². The van der Waals surface area contributed by atoms with Crippen LogP contribution in [0.25, 0.3) is 0 Å². The summed E-state index contributed by atoms with van der Waals surface area (Å²) in [6, 6.07) is 0. The first-order chi connectivity index (χ1) is 8.98. The first-order valence-electron chi connectivity index (χ1n) is 8.45. The zero-order valence-electron chi connectivity index (χ0n) is 13.9. The molecule has 0 radical (unpaired) electrons. The lowest BCUT2D eigenvalue weighted by Gasteiger charge is -2.29. The molecular weight excluding hydrogens is 232 g/mol. The predicted octanol–water partition coefficient (Wildman–Crippen LogP) is 4.16. The van der Waals surface area contributed by atoms with Gasteiger partial charge in [-0.05, 0) is 49.6 Å². The van der Waals surface area contributed by atoms with Crippen molar-refractivity contribution in [3.63, 3.8) is 0 Å². The third-order valence-corrected chi connectivity index (χ3v) is 4.68. The van der Waals surface area contributed by atoms with Crippen molar-refractivity contribution in [2.45, 2.75) is 79.3 Å². The highest BCUT2D eigenvalue weighted by Gasteiger charge is 2.26. The highest BCUT2D eigenvalue weighted by molar-refractivity contribution is 4.81. The molecule has 2 heteroatoms. The Morgan fingerprint density at radius 2 is 1.95 bits per heavy atom. The summed E-state index contributed by atoms with van der Waals surface area (Å²) < 4.78 is 0. The molecule has 3 unspecified atom stereocenters. The van der Waals surface area contributed by atoms with Crippen LogP contribution < -0.4 is 10.6 Å². The smallest absolute Gasteiger partial charge is 0.0600 e. The van der Waals surface area contributed by atoms with Gasteiger partial charge in [-0.2, -0.15) is 0 Å². The molecule has 0 spiro atoms. The van der Waals surface area contributed by atoms with E-state index in [1.54, 1.807) is 0 Å². The van der Waals surface area contributed by atoms with Gasteiger partial charge in [0.1, 0.15) is 0 Å². The Bertz CT molecular complexity index is 237. The van der Waals surface area contributed by atoms with Crippen molar-refractivity contribution < 1.29 is 0 Å². The van der Waals surface area contributed by atoms with Crippen LogP contribution in [0.5, 0.6) is 0 Å². The van der Waals surface area contributed by atoms with E-state index < -0.39 is 0 Å². The molecule has 1 heterocycles. The molecule has 0 aromatic carbocycles. The largest absolute Gasteiger partial charge is 0.302 e. The van der Waals surface area contributed by atoms with Crippen molar-refractivity contribution in [1.29, 1.82) is 0 Å². The van der Waals surface area contributed by atoms with Crippen molar-refractivity contribution in [3.05, 3.63) is 0 Å². The van der Waals surface area contributed by atoms with Crippen LogP contribution in [0.15, 0.2) is 0 Å². The van der Waals surface area contributed by atoms with Crippen LogP contribution in [-0.4, -0.2) is 19.3 Å². The Morgan fingerprint density at radius 3 is 2.58 bits per heavy atom. The number of hydrogen-bond donors (Lipinski definition) is 2. The van der Waals surface area contributed by atoms with E-state index in [1.807, 2.05) is 0 Å². The molecule has 1 aliphatic rings. The summed E-state index contributed by atoms with van der Waals surface area (Å²) in [5, 5.41) is 7.58. The molecule has 0 amide bonds. The van der Waals surface area contributed by atoms with Crippen LogP contribution in [0, 0.1) is 17.3 Å². The second-order valence-corrected chi connectivity index (χ2v) is 7.37. The van der Waals surface area contributed by atoms with Crippen LogP contribution >= 0.6 is 0 Å². The van der Waals surface area contributed by atoms with E-state index in [2.05, 4.69) is 45.3 Å². The molecule has 1 fully saturated rings. The topological polar surface area (TPSA) is 24.1 Å². The first kappa shape index (κ1) is 17.0. The van der Waals surface area contributed by atoms with Crippen LogP contribution in [0.3, 0.4) is 0 Å². The van der Waals surface area contributed by atoms with Gasteiger partial charge in [0.05, 0.1) is 6.17 Å². The molecule has 0 aliphatic carbocycles. The molecule has 114 valence electrons. The van der Waals surface area contributed by atoms with Crippen LogP contribution in [0.4, 0.5) is 0 Å². The molecule has 2 N–H and O–H groups in total. The fraction of sp³-hybridized carbons (Fsp3) is 1.00. The number of hydrogen-bond acceptors (Lipinski definition) is 2. The maximum absolute atomic E-state index is 3.80. The van der Waals surface area contributed by atoms with Gasteiger partial charge >= 0.3 is 0 Å². The Balaban J connectivity index is 2.58. The highest BCUT2D eigenvalue weighted by atomic mass is 15.1. The van der Waals surface area contributed by atoms with Crippen LogP contribution in [0.2, 0.25) is 0 Å². The predicted molar refractivity (Wildman–Crippen MR) is 85.3 cm³/mol. The van der Waals surface area contributed by atoms with E-state index in [9.17, 15) is 0 Å². The molecule has 0 aromatic rings. The van der Waals surface area contributed by atoms with Crippen molar-refractivity contribution in [1.82, 2.24) is 10.6 Å². The van der Waals surface area contributed by atoms with Crippen LogP contribution in [-0.2, 0) is 0 Å². The van der Waals surface area contributed by atoms with E-state index in [4.69, 9.17) is 0 Å². The Labute approximate surface area is 121 Å². The van der Waals surface area contributed by atoms with E-state index in [-0.39, 0.29) is 0 Å². The van der Waals surface area contributed by atoms with E-state index >= 15 is 0 Å². The van der Waals surface area contributed by atoms with Gasteiger partial charge in [0.15, 0.2) is 0 Å². The van der Waals surface area contributed by atoms with Gasteiger partial charge < -0.3 is 10.6 Å². The Hall–Kier alpha value is -0.0800. The third kappa shape index (κ3) is 6.27. The quantitative estimate of drug-likeness (QED) is 0.782. The lowest BCUT2D eigenvalue weighted by Crippen LogP contribution is -2.48. The van der Waals surface area contributed by atoms with Crippen molar-refractivity contribution >= 4 is 0 Å². The summed E-state index contributed by atoms with van der Waals surface area (Å²) in [5.41, 5.74) is 0.480. The lowest BCUT2D eigenvalue weighted by molar-refractivity contribution is 0.262. The lowest BCUT2D eigenvalue weighted by atomic mass is 9.81. The van der Waals surface area contributed by atoms with E-state index in [0.29, 0.717) is 11.6 Å². The standard InChI is InChI=1S/C17H36N2/c1-6-8-9-15(7-2)16-18-11-10-17(4,5)12-14(3)13-19-16/h14-16,18-19H,6-13H2,1-5H3. The van der Waals surface area contributed by atoms with Gasteiger partial charge in [-0.1, -0.05) is 53.9 Å². The van der Waals surface area contributed by atoms with Crippen molar-refractivity contribution in [2.24, 2.45) is 17.3 Å². The number of unbranched alkanes of at least 4 members (excludes halogenated alkanes) is 1. The van der Waals surface area contributed by atoms with Crippen LogP contribution in [0.1, 0.15) is 73.1 Å². The summed E-state index contributed by atoms with van der Waals surface area (Å²) >= 11 is 0. The summed E-state index contributed by atoms with van der Waals surface area (Å²) in [5.74, 6) is 1.56. The minimum Gasteiger partial charge on any atom is -0.302 e. The van der Waals surface area contributed by atoms with Gasteiger partial charge in [0.25, 0.3) is 0 Å². The summed E-state index contributed by atoms with van der Waals surface area (Å²) in [4.78, 5) is 0. The Kier molecular flexibility index (Phi) is 7.38. The summed E-state index contributed by atoms with van der Waals surface area (Å²) in [7, 11) is 0. The summed E-state index contributed by atoms with van der Waals surface area (Å²) in [6.07, 6.45) is 8.46. The average Bonchev–Trinajstić information content (AvgIpc) is 2.40. The fourth-order valence-corrected chi connectivity index (χ4v) is 3.49. The maximum Gasteiger partial charge on any atom is 0.0600 e. The second-order valence-electron chi connectivity index (χ2n) is 7.37. The molecule has 1 aliphatic heterocycles. The molecule has 0 bridgehead atoms. The SMILES string of the molecule is CCCCC(CC)C1NCCC(C)(C)CC(C)CN1. The van der Waals surface area contributed by atoms with Gasteiger partial charge in [0.2, 0.25) is 0 Å². The Morgan fingerprint density at radius 1 is 1.21 bits per heavy atom. The minimum atomic E-state index is 0.480. The average molecular weight is 268 g/mol. The molecule has 0 saturated carbocycles. The van der Waals surface area contributed by atoms with E-state index in [1.165, 1.54) is 38.5 Å². The van der Waals surface area contributed by atoms with E-state index in [0.717, 1.165) is 24.9 Å². The minimum absolute atomic E-state index is 0.480. The molecular formula is C17H36N2. The van der Waals surface area contributed by atoms with Gasteiger partial charge in [-0.15, -0.1) is 0 Å². The molecule has 19 heavy (non-hydrogen) atoms. The normalized spacial score (nSPS) is 30.2. The highest BCUT2D eigenvalue weighted by Crippen LogP contribution is 2.29. The third-order valence-electron chi connectivity index (χ3n) is 4.68.